The first kappa shape index (κ1) is 29.4. The number of piperazine rings is 1. The molecular weight excluding hydrogens is 561 g/mol. The van der Waals surface area contributed by atoms with Crippen LogP contribution < -0.4 is 20.4 Å². The lowest BCUT2D eigenvalue weighted by molar-refractivity contribution is -0.153. The number of anilines is 3. The Morgan fingerprint density at radius 1 is 1.05 bits per heavy atom. The molecule has 9 nitrogen and oxygen atoms in total. The van der Waals surface area contributed by atoms with Crippen molar-refractivity contribution in [2.24, 2.45) is 0 Å². The fraction of sp³-hybridized carbons (Fsp3) is 0.290. The predicted molar refractivity (Wildman–Crippen MR) is 154 cm³/mol. The number of hydrogen-bond acceptors (Lipinski definition) is 6. The Bertz CT molecular complexity index is 1640. The van der Waals surface area contributed by atoms with E-state index in [0.29, 0.717) is 22.5 Å². The van der Waals surface area contributed by atoms with Gasteiger partial charge in [0.05, 0.1) is 47.3 Å². The third kappa shape index (κ3) is 5.11. The third-order valence-corrected chi connectivity index (χ3v) is 7.93. The number of alkyl halides is 2. The molecular formula is C31H29F3N6O3. The first-order valence-electron chi connectivity index (χ1n) is 13.5. The molecule has 3 aromatic rings. The van der Waals surface area contributed by atoms with Crippen LogP contribution in [0, 0.1) is 17.1 Å². The Kier molecular flexibility index (Phi) is 7.52. The van der Waals surface area contributed by atoms with Crippen molar-refractivity contribution >= 4 is 34.8 Å². The number of nitrogens with zero attached hydrogens (tertiary/aromatic N) is 4. The van der Waals surface area contributed by atoms with Gasteiger partial charge in [0.25, 0.3) is 17.7 Å². The Morgan fingerprint density at radius 2 is 1.74 bits per heavy atom. The number of para-hydroxylation sites is 1. The number of rotatable bonds is 7. The summed E-state index contributed by atoms with van der Waals surface area (Å²) < 4.78 is 42.7. The van der Waals surface area contributed by atoms with Crippen LogP contribution in [0.15, 0.2) is 60.7 Å². The van der Waals surface area contributed by atoms with Crippen LogP contribution in [0.5, 0.6) is 0 Å². The van der Waals surface area contributed by atoms with E-state index in [4.69, 9.17) is 5.26 Å². The topological polar surface area (TPSA) is 109 Å². The highest BCUT2D eigenvalue weighted by Gasteiger charge is 2.60. The highest BCUT2D eigenvalue weighted by atomic mass is 19.3. The Hall–Kier alpha value is -5.05. The Labute approximate surface area is 246 Å². The molecule has 2 N–H and O–H groups in total. The van der Waals surface area contributed by atoms with Gasteiger partial charge in [-0.1, -0.05) is 30.3 Å². The monoisotopic (exact) mass is 590 g/mol. The van der Waals surface area contributed by atoms with Crippen LogP contribution in [0.3, 0.4) is 0 Å². The van der Waals surface area contributed by atoms with Crippen LogP contribution in [0.2, 0.25) is 0 Å². The van der Waals surface area contributed by atoms with E-state index in [1.54, 1.807) is 25.2 Å². The van der Waals surface area contributed by atoms with Crippen LogP contribution in [-0.2, 0) is 22.1 Å². The number of hydrogen-bond donors (Lipinski definition) is 2. The minimum absolute atomic E-state index is 0.0307. The molecule has 0 atom stereocenters. The first-order chi connectivity index (χ1) is 20.4. The number of nitriles is 1. The molecule has 0 aromatic heterocycles. The van der Waals surface area contributed by atoms with E-state index in [-0.39, 0.29) is 42.4 Å². The average Bonchev–Trinajstić information content (AvgIpc) is 2.97. The van der Waals surface area contributed by atoms with E-state index in [0.717, 1.165) is 17.9 Å². The summed E-state index contributed by atoms with van der Waals surface area (Å²) in [7, 11) is 3.18. The van der Waals surface area contributed by atoms with Gasteiger partial charge in [0, 0.05) is 33.1 Å². The van der Waals surface area contributed by atoms with Crippen molar-refractivity contribution in [3.05, 3.63) is 88.7 Å². The van der Waals surface area contributed by atoms with Crippen molar-refractivity contribution in [3.8, 4) is 6.07 Å². The second-order valence-corrected chi connectivity index (χ2v) is 10.7. The lowest BCUT2D eigenvalue weighted by Crippen LogP contribution is -2.81. The molecule has 2 aliphatic heterocycles. The van der Waals surface area contributed by atoms with Gasteiger partial charge in [-0.25, -0.2) is 13.2 Å². The number of carbonyl (C=O) groups is 3. The summed E-state index contributed by atoms with van der Waals surface area (Å²) in [5, 5.41) is 14.8. The minimum atomic E-state index is -3.04. The first-order valence-corrected chi connectivity index (χ1v) is 13.5. The van der Waals surface area contributed by atoms with Gasteiger partial charge < -0.3 is 20.4 Å². The van der Waals surface area contributed by atoms with E-state index >= 15 is 4.39 Å². The van der Waals surface area contributed by atoms with Crippen LogP contribution in [0.1, 0.15) is 34.0 Å². The quantitative estimate of drug-likeness (QED) is 0.433. The minimum Gasteiger partial charge on any atom is -0.386 e. The van der Waals surface area contributed by atoms with E-state index in [1.165, 1.54) is 48.3 Å². The number of halogens is 3. The number of benzene rings is 3. The molecule has 5 rings (SSSR count). The lowest BCUT2D eigenvalue weighted by atomic mass is 9.82. The fourth-order valence-electron chi connectivity index (χ4n) is 5.66. The van der Waals surface area contributed by atoms with Gasteiger partial charge in [0.2, 0.25) is 5.91 Å². The van der Waals surface area contributed by atoms with Gasteiger partial charge >= 0.3 is 0 Å². The average molecular weight is 591 g/mol. The summed E-state index contributed by atoms with van der Waals surface area (Å²) in [5.41, 5.74) is 0.441. The van der Waals surface area contributed by atoms with Gasteiger partial charge in [-0.05, 0) is 35.9 Å². The zero-order valence-electron chi connectivity index (χ0n) is 23.7. The number of nitrogens with one attached hydrogen (secondary N) is 2. The highest BCUT2D eigenvalue weighted by molar-refractivity contribution is 6.11. The summed E-state index contributed by atoms with van der Waals surface area (Å²) in [4.78, 5) is 44.8. The van der Waals surface area contributed by atoms with Gasteiger partial charge in [0.1, 0.15) is 12.4 Å². The number of carbonyl (C=O) groups excluding carboxylic acids is 3. The van der Waals surface area contributed by atoms with Crippen molar-refractivity contribution in [3.63, 3.8) is 0 Å². The molecule has 222 valence electrons. The van der Waals surface area contributed by atoms with E-state index < -0.39 is 35.6 Å². The Morgan fingerprint density at radius 3 is 2.33 bits per heavy atom. The summed E-state index contributed by atoms with van der Waals surface area (Å²) in [6.07, 6.45) is 0. The molecule has 2 fully saturated rings. The molecule has 3 aromatic carbocycles. The fourth-order valence-corrected chi connectivity index (χ4v) is 5.66. The zero-order valence-corrected chi connectivity index (χ0v) is 23.7. The van der Waals surface area contributed by atoms with Gasteiger partial charge in [-0.3, -0.25) is 19.3 Å². The van der Waals surface area contributed by atoms with Gasteiger partial charge in [-0.15, -0.1) is 0 Å². The van der Waals surface area contributed by atoms with E-state index in [2.05, 4.69) is 10.6 Å². The summed E-state index contributed by atoms with van der Waals surface area (Å²) in [5.74, 6) is -5.13. The van der Waals surface area contributed by atoms with Crippen molar-refractivity contribution in [2.75, 3.05) is 48.8 Å². The molecule has 2 aliphatic rings. The molecule has 43 heavy (non-hydrogen) atoms. The van der Waals surface area contributed by atoms with Crippen molar-refractivity contribution in [2.45, 2.75) is 24.9 Å². The van der Waals surface area contributed by atoms with E-state index in [1.807, 2.05) is 11.0 Å². The molecule has 0 bridgehead atoms. The maximum absolute atomic E-state index is 15.1. The van der Waals surface area contributed by atoms with Gasteiger partial charge in [0.15, 0.2) is 5.54 Å². The van der Waals surface area contributed by atoms with Crippen LogP contribution in [-0.4, -0.2) is 61.9 Å². The number of amides is 3. The molecule has 1 spiro atoms. The van der Waals surface area contributed by atoms with E-state index in [9.17, 15) is 23.2 Å². The summed E-state index contributed by atoms with van der Waals surface area (Å²) in [6.45, 7) is 0.380. The van der Waals surface area contributed by atoms with Crippen LogP contribution in [0.4, 0.5) is 30.2 Å². The van der Waals surface area contributed by atoms with Crippen molar-refractivity contribution in [1.29, 1.82) is 5.26 Å². The second kappa shape index (κ2) is 11.0. The smallest absolute Gasteiger partial charge is 0.270 e. The maximum atomic E-state index is 15.1. The highest BCUT2D eigenvalue weighted by Crippen LogP contribution is 2.42. The lowest BCUT2D eigenvalue weighted by Gasteiger charge is -2.59. The molecule has 0 unspecified atom stereocenters. The molecule has 0 saturated carbocycles. The van der Waals surface area contributed by atoms with Crippen LogP contribution in [0.25, 0.3) is 0 Å². The maximum Gasteiger partial charge on any atom is 0.270 e. The normalized spacial score (nSPS) is 16.2. The molecule has 2 heterocycles. The molecule has 12 heteroatoms. The van der Waals surface area contributed by atoms with Crippen molar-refractivity contribution < 1.29 is 27.6 Å². The molecule has 0 aliphatic carbocycles. The second-order valence-electron chi connectivity index (χ2n) is 10.7. The molecule has 2 saturated heterocycles. The van der Waals surface area contributed by atoms with Crippen LogP contribution >= 0.6 is 0 Å². The van der Waals surface area contributed by atoms with Gasteiger partial charge in [-0.2, -0.15) is 5.26 Å². The zero-order chi connectivity index (χ0) is 31.1. The standard InChI is InChI=1S/C31H29F3N6O3/c1-30(33,34)21-10-7-19(8-11-21)15-40-26(41)16-39(24-12-9-20(14-35)13-23(24)32)29(43)31(40)17-38(18-31)25-6-4-5-22(27(25)36-2)28(42)37-3/h4-13,36H,15-18H2,1-3H3,(H,37,42). The Balaban J connectivity index is 1.53. The third-order valence-electron chi connectivity index (χ3n) is 7.93. The summed E-state index contributed by atoms with van der Waals surface area (Å²) in [6, 6.07) is 16.2. The van der Waals surface area contributed by atoms with Crippen molar-refractivity contribution in [1.82, 2.24) is 10.2 Å². The molecule has 0 radical (unpaired) electrons. The predicted octanol–water partition coefficient (Wildman–Crippen LogP) is 3.84. The molecule has 3 amide bonds. The largest absolute Gasteiger partial charge is 0.386 e. The SMILES string of the molecule is CNC(=O)c1cccc(N2CC3(C2)C(=O)N(c2ccc(C#N)cc2F)CC(=O)N3Cc2ccc(C(C)(F)F)cc2)c1NC. The summed E-state index contributed by atoms with van der Waals surface area (Å²) >= 11 is 0.